The molecule has 0 spiro atoms. The molecule has 4 nitrogen and oxygen atoms in total. The highest BCUT2D eigenvalue weighted by Gasteiger charge is 2.07. The van der Waals surface area contributed by atoms with Crippen LogP contribution in [-0.4, -0.2) is 19.7 Å². The Bertz CT molecular complexity index is 917. The lowest BCUT2D eigenvalue weighted by Gasteiger charge is -2.04. The molecular formula is C16H13BrN2O2S2. The van der Waals surface area contributed by atoms with Gasteiger partial charge in [0, 0.05) is 26.7 Å². The maximum atomic E-state index is 11.2. The fraction of sp³-hybridized carbons (Fsp3) is 0.0625. The highest BCUT2D eigenvalue weighted by atomic mass is 79.9. The normalized spacial score (nSPS) is 11.4. The number of nitrogens with one attached hydrogen (secondary N) is 1. The van der Waals surface area contributed by atoms with Gasteiger partial charge in [0.25, 0.3) is 0 Å². The molecule has 0 aliphatic rings. The second-order valence-corrected chi connectivity index (χ2v) is 8.52. The van der Waals surface area contributed by atoms with Gasteiger partial charge in [-0.05, 0) is 24.3 Å². The Labute approximate surface area is 147 Å². The van der Waals surface area contributed by atoms with Crippen molar-refractivity contribution in [2.45, 2.75) is 0 Å². The molecule has 23 heavy (non-hydrogen) atoms. The number of aromatic nitrogens is 1. The van der Waals surface area contributed by atoms with E-state index in [-0.39, 0.29) is 0 Å². The van der Waals surface area contributed by atoms with Gasteiger partial charge in [-0.2, -0.15) is 0 Å². The predicted octanol–water partition coefficient (Wildman–Crippen LogP) is 4.61. The molecule has 3 rings (SSSR count). The van der Waals surface area contributed by atoms with Gasteiger partial charge in [-0.1, -0.05) is 40.2 Å². The fourth-order valence-electron chi connectivity index (χ4n) is 2.05. The van der Waals surface area contributed by atoms with Gasteiger partial charge < -0.3 is 0 Å². The summed E-state index contributed by atoms with van der Waals surface area (Å²) in [4.78, 5) is 4.65. The molecule has 0 unspecified atom stereocenters. The van der Waals surface area contributed by atoms with Gasteiger partial charge in [0.15, 0.2) is 0 Å². The third kappa shape index (κ3) is 4.19. The summed E-state index contributed by atoms with van der Waals surface area (Å²) in [6.07, 6.45) is 1.13. The molecular weight excluding hydrogens is 396 g/mol. The first-order valence-electron chi connectivity index (χ1n) is 6.70. The van der Waals surface area contributed by atoms with Gasteiger partial charge in [0.2, 0.25) is 10.0 Å². The lowest BCUT2D eigenvalue weighted by molar-refractivity contribution is 0.607. The Kier molecular flexibility index (Phi) is 4.52. The molecule has 0 aliphatic heterocycles. The van der Waals surface area contributed by atoms with Crippen LogP contribution < -0.4 is 4.72 Å². The van der Waals surface area contributed by atoms with E-state index in [1.165, 1.54) is 0 Å². The van der Waals surface area contributed by atoms with Crippen LogP contribution in [0.25, 0.3) is 21.8 Å². The standard InChI is InChI=1S/C16H13BrN2O2S2/c1-23(20,21)19-14-8-4-11(5-9-14)15-10-22-16(18-15)12-2-6-13(17)7-3-12/h2-10,19H,1H3. The number of rotatable bonds is 4. The predicted molar refractivity (Wildman–Crippen MR) is 99.2 cm³/mol. The topological polar surface area (TPSA) is 59.1 Å². The molecule has 1 N–H and O–H groups in total. The van der Waals surface area contributed by atoms with Gasteiger partial charge in [0.1, 0.15) is 5.01 Å². The van der Waals surface area contributed by atoms with Crippen LogP contribution in [0.4, 0.5) is 5.69 Å². The van der Waals surface area contributed by atoms with E-state index in [0.29, 0.717) is 5.69 Å². The summed E-state index contributed by atoms with van der Waals surface area (Å²) >= 11 is 5.00. The quantitative estimate of drug-likeness (QED) is 0.685. The first-order chi connectivity index (χ1) is 10.9. The first-order valence-corrected chi connectivity index (χ1v) is 10.3. The van der Waals surface area contributed by atoms with Crippen LogP contribution >= 0.6 is 27.3 Å². The zero-order valence-electron chi connectivity index (χ0n) is 12.2. The summed E-state index contributed by atoms with van der Waals surface area (Å²) in [6.45, 7) is 0. The van der Waals surface area contributed by atoms with E-state index in [1.807, 2.05) is 41.8 Å². The van der Waals surface area contributed by atoms with Crippen molar-refractivity contribution in [3.8, 4) is 21.8 Å². The number of anilines is 1. The van der Waals surface area contributed by atoms with Gasteiger partial charge in [-0.25, -0.2) is 13.4 Å². The number of sulfonamides is 1. The third-order valence-electron chi connectivity index (χ3n) is 3.08. The molecule has 0 saturated heterocycles. The summed E-state index contributed by atoms with van der Waals surface area (Å²) in [5, 5.41) is 2.95. The van der Waals surface area contributed by atoms with E-state index in [0.717, 1.165) is 32.6 Å². The van der Waals surface area contributed by atoms with Crippen LogP contribution in [0.15, 0.2) is 58.4 Å². The van der Waals surface area contributed by atoms with E-state index in [9.17, 15) is 8.42 Å². The van der Waals surface area contributed by atoms with E-state index in [2.05, 4.69) is 25.6 Å². The highest BCUT2D eigenvalue weighted by molar-refractivity contribution is 9.10. The average molecular weight is 409 g/mol. The molecule has 1 heterocycles. The van der Waals surface area contributed by atoms with Crippen molar-refractivity contribution in [3.63, 3.8) is 0 Å². The lowest BCUT2D eigenvalue weighted by atomic mass is 10.1. The molecule has 0 radical (unpaired) electrons. The zero-order valence-corrected chi connectivity index (χ0v) is 15.4. The smallest absolute Gasteiger partial charge is 0.229 e. The summed E-state index contributed by atoms with van der Waals surface area (Å²) in [6, 6.07) is 15.2. The van der Waals surface area contributed by atoms with Crippen LogP contribution in [0.3, 0.4) is 0 Å². The van der Waals surface area contributed by atoms with Crippen molar-refractivity contribution in [1.29, 1.82) is 0 Å². The SMILES string of the molecule is CS(=O)(=O)Nc1ccc(-c2csc(-c3ccc(Br)cc3)n2)cc1. The van der Waals surface area contributed by atoms with Crippen LogP contribution in [0.1, 0.15) is 0 Å². The van der Waals surface area contributed by atoms with Crippen molar-refractivity contribution >= 4 is 43.0 Å². The Morgan fingerprint density at radius 3 is 2.22 bits per heavy atom. The van der Waals surface area contributed by atoms with Crippen LogP contribution in [0.2, 0.25) is 0 Å². The number of halogens is 1. The van der Waals surface area contributed by atoms with Gasteiger partial charge in [-0.3, -0.25) is 4.72 Å². The number of hydrogen-bond acceptors (Lipinski definition) is 4. The molecule has 0 aliphatic carbocycles. The molecule has 0 fully saturated rings. The third-order valence-corrected chi connectivity index (χ3v) is 5.11. The second kappa shape index (κ2) is 6.43. The van der Waals surface area contributed by atoms with Crippen molar-refractivity contribution in [3.05, 3.63) is 58.4 Å². The molecule has 1 aromatic heterocycles. The second-order valence-electron chi connectivity index (χ2n) is 5.00. The van der Waals surface area contributed by atoms with E-state index in [1.54, 1.807) is 23.5 Å². The Balaban J connectivity index is 1.84. The largest absolute Gasteiger partial charge is 0.284 e. The summed E-state index contributed by atoms with van der Waals surface area (Å²) in [5.74, 6) is 0. The molecule has 3 aromatic rings. The van der Waals surface area contributed by atoms with Gasteiger partial charge in [0.05, 0.1) is 11.9 Å². The number of benzene rings is 2. The highest BCUT2D eigenvalue weighted by Crippen LogP contribution is 2.30. The molecule has 0 saturated carbocycles. The number of nitrogens with zero attached hydrogens (tertiary/aromatic N) is 1. The molecule has 2 aromatic carbocycles. The molecule has 118 valence electrons. The van der Waals surface area contributed by atoms with Gasteiger partial charge in [-0.15, -0.1) is 11.3 Å². The Hall–Kier alpha value is -1.70. The van der Waals surface area contributed by atoms with Crippen molar-refractivity contribution in [2.24, 2.45) is 0 Å². The summed E-state index contributed by atoms with van der Waals surface area (Å²) < 4.78 is 25.9. The van der Waals surface area contributed by atoms with Crippen LogP contribution in [0, 0.1) is 0 Å². The summed E-state index contributed by atoms with van der Waals surface area (Å²) in [5.41, 5.74) is 3.43. The fourth-order valence-corrected chi connectivity index (χ4v) is 3.72. The Morgan fingerprint density at radius 2 is 1.61 bits per heavy atom. The zero-order chi connectivity index (χ0) is 16.4. The van der Waals surface area contributed by atoms with Crippen LogP contribution in [0.5, 0.6) is 0 Å². The van der Waals surface area contributed by atoms with Gasteiger partial charge >= 0.3 is 0 Å². The van der Waals surface area contributed by atoms with E-state index < -0.39 is 10.0 Å². The van der Waals surface area contributed by atoms with Crippen LogP contribution in [-0.2, 0) is 10.0 Å². The van der Waals surface area contributed by atoms with Crippen molar-refractivity contribution in [1.82, 2.24) is 4.98 Å². The minimum Gasteiger partial charge on any atom is -0.284 e. The molecule has 7 heteroatoms. The minimum atomic E-state index is -3.26. The number of thiazole rings is 1. The Morgan fingerprint density at radius 1 is 1.00 bits per heavy atom. The minimum absolute atomic E-state index is 0.541. The van der Waals surface area contributed by atoms with E-state index >= 15 is 0 Å². The van der Waals surface area contributed by atoms with E-state index in [4.69, 9.17) is 0 Å². The monoisotopic (exact) mass is 408 g/mol. The molecule has 0 atom stereocenters. The maximum Gasteiger partial charge on any atom is 0.229 e. The number of hydrogen-bond donors (Lipinski definition) is 1. The summed E-state index contributed by atoms with van der Waals surface area (Å²) in [7, 11) is -3.26. The lowest BCUT2D eigenvalue weighted by Crippen LogP contribution is -2.09. The maximum absolute atomic E-state index is 11.2. The first kappa shape index (κ1) is 16.2. The molecule has 0 amide bonds. The molecule has 0 bridgehead atoms. The van der Waals surface area contributed by atoms with Crippen molar-refractivity contribution < 1.29 is 8.42 Å². The average Bonchev–Trinajstić information content (AvgIpc) is 2.97. The van der Waals surface area contributed by atoms with Crippen molar-refractivity contribution in [2.75, 3.05) is 11.0 Å².